The summed E-state index contributed by atoms with van der Waals surface area (Å²) in [4.78, 5) is 2.92. The van der Waals surface area contributed by atoms with Crippen LogP contribution < -0.4 is 0 Å². The number of nitrogens with zero attached hydrogens (tertiary/aromatic N) is 1. The number of piperidine rings is 1. The van der Waals surface area contributed by atoms with E-state index < -0.39 is 9.84 Å². The topological polar surface area (TPSA) is 46.6 Å². The molecule has 0 radical (unpaired) electrons. The molecule has 3 unspecified atom stereocenters. The summed E-state index contributed by atoms with van der Waals surface area (Å²) in [6.07, 6.45) is 4.40. The Balaban J connectivity index is 1.57. The highest BCUT2D eigenvalue weighted by atomic mass is 32.2. The zero-order valence-electron chi connectivity index (χ0n) is 15.5. The predicted molar refractivity (Wildman–Crippen MR) is 104 cm³/mol. The fraction of sp³-hybridized carbons (Fsp3) is 0.455. The minimum absolute atomic E-state index is 0.0404. The molecule has 3 heterocycles. The molecule has 0 aromatic heterocycles. The highest BCUT2D eigenvalue weighted by molar-refractivity contribution is 7.90. The third-order valence-corrected chi connectivity index (χ3v) is 8.34. The lowest BCUT2D eigenvalue weighted by Gasteiger charge is -2.38. The molecule has 4 nitrogen and oxygen atoms in total. The molecule has 3 aliphatic heterocycles. The van der Waals surface area contributed by atoms with Gasteiger partial charge in [-0.15, -0.1) is 0 Å². The molecule has 3 aliphatic rings. The van der Waals surface area contributed by atoms with Gasteiger partial charge in [0.1, 0.15) is 6.10 Å². The molecular formula is C22H25NO3S. The van der Waals surface area contributed by atoms with Crippen molar-refractivity contribution in [2.45, 2.75) is 60.6 Å². The average molecular weight is 384 g/mol. The first-order chi connectivity index (χ1) is 13.0. The zero-order chi connectivity index (χ0) is 18.6. The van der Waals surface area contributed by atoms with E-state index in [1.54, 1.807) is 12.1 Å². The zero-order valence-corrected chi connectivity index (χ0v) is 16.4. The molecule has 142 valence electrons. The van der Waals surface area contributed by atoms with Gasteiger partial charge >= 0.3 is 0 Å². The monoisotopic (exact) mass is 383 g/mol. The molecule has 0 spiro atoms. The first-order valence-corrected chi connectivity index (χ1v) is 11.4. The molecule has 2 bridgehead atoms. The van der Waals surface area contributed by atoms with Gasteiger partial charge in [0, 0.05) is 17.6 Å². The lowest BCUT2D eigenvalue weighted by atomic mass is 9.95. The fourth-order valence-electron chi connectivity index (χ4n) is 5.16. The second kappa shape index (κ2) is 6.43. The molecule has 2 aromatic carbocycles. The van der Waals surface area contributed by atoms with Gasteiger partial charge in [-0.3, -0.25) is 0 Å². The largest absolute Gasteiger partial charge is 0.365 e. The van der Waals surface area contributed by atoms with Crippen molar-refractivity contribution in [3.8, 4) is 0 Å². The van der Waals surface area contributed by atoms with Crippen molar-refractivity contribution in [1.29, 1.82) is 0 Å². The number of fused-ring (bicyclic) bond motifs is 4. The van der Waals surface area contributed by atoms with E-state index in [9.17, 15) is 8.42 Å². The number of ether oxygens (including phenoxy) is 1. The molecule has 0 aliphatic carbocycles. The lowest BCUT2D eigenvalue weighted by Crippen LogP contribution is -2.43. The minimum atomic E-state index is -3.37. The lowest BCUT2D eigenvalue weighted by molar-refractivity contribution is -0.0435. The molecule has 3 atom stereocenters. The number of rotatable bonds is 2. The number of sulfone groups is 1. The Morgan fingerprint density at radius 3 is 2.30 bits per heavy atom. The summed E-state index contributed by atoms with van der Waals surface area (Å²) in [6, 6.07) is 16.4. The van der Waals surface area contributed by atoms with E-state index in [1.807, 2.05) is 36.4 Å². The smallest absolute Gasteiger partial charge is 0.182 e. The normalized spacial score (nSPS) is 31.7. The summed E-state index contributed by atoms with van der Waals surface area (Å²) in [5.74, 6) is 0.0404. The highest BCUT2D eigenvalue weighted by Gasteiger charge is 2.41. The van der Waals surface area contributed by atoms with Gasteiger partial charge in [-0.1, -0.05) is 42.5 Å². The quantitative estimate of drug-likeness (QED) is 0.793. The van der Waals surface area contributed by atoms with Crippen molar-refractivity contribution in [3.63, 3.8) is 0 Å². The van der Waals surface area contributed by atoms with Gasteiger partial charge in [-0.25, -0.2) is 8.42 Å². The molecule has 0 saturated carbocycles. The molecule has 2 aromatic rings. The SMILES string of the molecule is CN1C2CCC1CC(OC1c3ccccc3CS(=O)(=O)c3ccccc31)C2. The first-order valence-electron chi connectivity index (χ1n) is 9.80. The van der Waals surface area contributed by atoms with Crippen LogP contribution in [0.15, 0.2) is 53.4 Å². The number of hydrogen-bond donors (Lipinski definition) is 0. The Morgan fingerprint density at radius 1 is 0.926 bits per heavy atom. The molecule has 2 saturated heterocycles. The van der Waals surface area contributed by atoms with Crippen molar-refractivity contribution in [2.24, 2.45) is 0 Å². The van der Waals surface area contributed by atoms with E-state index >= 15 is 0 Å². The summed E-state index contributed by atoms with van der Waals surface area (Å²) in [5, 5.41) is 0. The van der Waals surface area contributed by atoms with E-state index in [0.717, 1.165) is 29.5 Å². The van der Waals surface area contributed by atoms with E-state index in [2.05, 4.69) is 11.9 Å². The molecule has 5 heteroatoms. The van der Waals surface area contributed by atoms with E-state index in [0.29, 0.717) is 17.0 Å². The third-order valence-electron chi connectivity index (χ3n) is 6.60. The molecule has 5 rings (SSSR count). The van der Waals surface area contributed by atoms with E-state index in [-0.39, 0.29) is 18.0 Å². The Bertz CT molecular complexity index is 957. The van der Waals surface area contributed by atoms with Crippen molar-refractivity contribution in [3.05, 3.63) is 65.2 Å². The molecule has 27 heavy (non-hydrogen) atoms. The maximum Gasteiger partial charge on any atom is 0.182 e. The molecule has 0 N–H and O–H groups in total. The summed E-state index contributed by atoms with van der Waals surface area (Å²) >= 11 is 0. The Hall–Kier alpha value is -1.69. The molecule has 0 amide bonds. The van der Waals surface area contributed by atoms with Gasteiger partial charge in [0.2, 0.25) is 0 Å². The minimum Gasteiger partial charge on any atom is -0.365 e. The standard InChI is InChI=1S/C22H25NO3S/c1-23-16-10-11-17(23)13-18(12-16)26-22-19-7-3-2-6-15(19)14-27(24,25)21-9-5-4-8-20(21)22/h2-9,16-18,22H,10-14H2,1H3. The maximum atomic E-state index is 13.0. The van der Waals surface area contributed by atoms with Crippen LogP contribution >= 0.6 is 0 Å². The van der Waals surface area contributed by atoms with E-state index in [1.165, 1.54) is 12.8 Å². The fourth-order valence-corrected chi connectivity index (χ4v) is 6.81. The summed E-state index contributed by atoms with van der Waals surface area (Å²) < 4.78 is 32.7. The van der Waals surface area contributed by atoms with Crippen molar-refractivity contribution in [2.75, 3.05) is 7.05 Å². The Labute approximate surface area is 161 Å². The van der Waals surface area contributed by atoms with Crippen LogP contribution in [0, 0.1) is 0 Å². The second-order valence-electron chi connectivity index (χ2n) is 8.16. The van der Waals surface area contributed by atoms with Crippen LogP contribution in [0.3, 0.4) is 0 Å². The van der Waals surface area contributed by atoms with E-state index in [4.69, 9.17) is 4.74 Å². The molecule has 2 fully saturated rings. The van der Waals surface area contributed by atoms with Crippen LogP contribution in [-0.4, -0.2) is 38.6 Å². The van der Waals surface area contributed by atoms with Crippen LogP contribution in [0.5, 0.6) is 0 Å². The first kappa shape index (κ1) is 17.4. The Morgan fingerprint density at radius 2 is 1.56 bits per heavy atom. The van der Waals surface area contributed by atoms with Crippen molar-refractivity contribution in [1.82, 2.24) is 4.90 Å². The second-order valence-corrected chi connectivity index (χ2v) is 10.1. The van der Waals surface area contributed by atoms with Crippen molar-refractivity contribution >= 4 is 9.84 Å². The number of hydrogen-bond acceptors (Lipinski definition) is 4. The summed E-state index contributed by atoms with van der Waals surface area (Å²) in [6.45, 7) is 0. The van der Waals surface area contributed by atoms with Gasteiger partial charge in [0.15, 0.2) is 9.84 Å². The van der Waals surface area contributed by atoms with Gasteiger partial charge < -0.3 is 9.64 Å². The predicted octanol–water partition coefficient (Wildman–Crippen LogP) is 3.71. The van der Waals surface area contributed by atoms with Gasteiger partial charge in [0.25, 0.3) is 0 Å². The van der Waals surface area contributed by atoms with Gasteiger partial charge in [-0.2, -0.15) is 0 Å². The van der Waals surface area contributed by atoms with Crippen molar-refractivity contribution < 1.29 is 13.2 Å². The van der Waals surface area contributed by atoms with Crippen LogP contribution in [0.25, 0.3) is 0 Å². The third kappa shape index (κ3) is 2.93. The highest BCUT2D eigenvalue weighted by Crippen LogP contribution is 2.42. The molecular weight excluding hydrogens is 358 g/mol. The van der Waals surface area contributed by atoms with Gasteiger partial charge in [0.05, 0.1) is 16.8 Å². The maximum absolute atomic E-state index is 13.0. The average Bonchev–Trinajstić information content (AvgIpc) is 2.84. The summed E-state index contributed by atoms with van der Waals surface area (Å²) in [7, 11) is -1.15. The van der Waals surface area contributed by atoms with Crippen LogP contribution in [0.4, 0.5) is 0 Å². The van der Waals surface area contributed by atoms with Gasteiger partial charge in [-0.05, 0) is 49.9 Å². The summed E-state index contributed by atoms with van der Waals surface area (Å²) in [5.41, 5.74) is 2.64. The van der Waals surface area contributed by atoms with Crippen LogP contribution in [0.1, 0.15) is 48.5 Å². The van der Waals surface area contributed by atoms with Crippen LogP contribution in [0.2, 0.25) is 0 Å². The Kier molecular flexibility index (Phi) is 4.15. The number of benzene rings is 2. The van der Waals surface area contributed by atoms with Crippen LogP contribution in [-0.2, 0) is 20.3 Å².